The molecule has 2 atom stereocenters. The summed E-state index contributed by atoms with van der Waals surface area (Å²) in [5.41, 5.74) is 0. The number of sulfonamides is 1. The highest BCUT2D eigenvalue weighted by molar-refractivity contribution is 7.89. The van der Waals surface area contributed by atoms with Gasteiger partial charge >= 0.3 is 5.97 Å². The molecule has 0 bridgehead atoms. The van der Waals surface area contributed by atoms with Crippen LogP contribution < -0.4 is 4.72 Å². The van der Waals surface area contributed by atoms with Crippen LogP contribution in [0.2, 0.25) is 0 Å². The molecule has 1 saturated heterocycles. The number of carboxylic acids is 1. The maximum absolute atomic E-state index is 11.6. The van der Waals surface area contributed by atoms with Gasteiger partial charge < -0.3 is 9.84 Å². The van der Waals surface area contributed by atoms with Crippen molar-refractivity contribution in [3.05, 3.63) is 0 Å². The summed E-state index contributed by atoms with van der Waals surface area (Å²) in [7, 11) is -3.35. The van der Waals surface area contributed by atoms with Gasteiger partial charge in [-0.05, 0) is 19.3 Å². The van der Waals surface area contributed by atoms with Gasteiger partial charge in [0, 0.05) is 13.2 Å². The summed E-state index contributed by atoms with van der Waals surface area (Å²) in [6.07, 6.45) is 1.74. The SMILES string of the molecule is CC(CCNS(=O)(=O)CC1CCCO1)C(=O)O. The largest absolute Gasteiger partial charge is 0.481 e. The van der Waals surface area contributed by atoms with Crippen LogP contribution in [0.4, 0.5) is 0 Å². The van der Waals surface area contributed by atoms with Crippen LogP contribution in [-0.2, 0) is 19.6 Å². The predicted octanol–water partition coefficient (Wildman–Crippen LogP) is 0.196. The Balaban J connectivity index is 2.26. The first-order valence-electron chi connectivity index (χ1n) is 5.72. The molecule has 0 spiro atoms. The number of carboxylic acid groups (broad SMARTS) is 1. The van der Waals surface area contributed by atoms with Crippen LogP contribution in [-0.4, -0.2) is 44.5 Å². The zero-order valence-corrected chi connectivity index (χ0v) is 10.7. The zero-order valence-electron chi connectivity index (χ0n) is 9.89. The number of hydrogen-bond acceptors (Lipinski definition) is 4. The predicted molar refractivity (Wildman–Crippen MR) is 62.2 cm³/mol. The van der Waals surface area contributed by atoms with E-state index in [1.165, 1.54) is 0 Å². The summed E-state index contributed by atoms with van der Waals surface area (Å²) in [5.74, 6) is -1.49. The minimum atomic E-state index is -3.35. The van der Waals surface area contributed by atoms with E-state index in [1.54, 1.807) is 6.92 Å². The summed E-state index contributed by atoms with van der Waals surface area (Å²) in [6, 6.07) is 0. The number of ether oxygens (including phenoxy) is 1. The van der Waals surface area contributed by atoms with Crippen molar-refractivity contribution in [1.29, 1.82) is 0 Å². The first kappa shape index (κ1) is 14.4. The summed E-state index contributed by atoms with van der Waals surface area (Å²) in [4.78, 5) is 10.5. The Kier molecular flexibility index (Phi) is 5.35. The summed E-state index contributed by atoms with van der Waals surface area (Å²) < 4.78 is 30.8. The van der Waals surface area contributed by atoms with Gasteiger partial charge in [0.15, 0.2) is 0 Å². The normalized spacial score (nSPS) is 22.5. The van der Waals surface area contributed by atoms with Gasteiger partial charge in [0.2, 0.25) is 10.0 Å². The molecule has 17 heavy (non-hydrogen) atoms. The molecule has 1 fully saturated rings. The molecule has 2 N–H and O–H groups in total. The lowest BCUT2D eigenvalue weighted by Crippen LogP contribution is -2.33. The molecule has 6 nitrogen and oxygen atoms in total. The van der Waals surface area contributed by atoms with Crippen LogP contribution >= 0.6 is 0 Å². The lowest BCUT2D eigenvalue weighted by Gasteiger charge is -2.12. The van der Waals surface area contributed by atoms with E-state index in [2.05, 4.69) is 4.72 Å². The fraction of sp³-hybridized carbons (Fsp3) is 0.900. The second-order valence-electron chi connectivity index (χ2n) is 4.34. The van der Waals surface area contributed by atoms with Crippen LogP contribution in [0.3, 0.4) is 0 Å². The number of hydrogen-bond donors (Lipinski definition) is 2. The molecule has 0 aliphatic carbocycles. The van der Waals surface area contributed by atoms with E-state index >= 15 is 0 Å². The Morgan fingerprint density at radius 1 is 1.59 bits per heavy atom. The Labute approximate surface area is 101 Å². The second-order valence-corrected chi connectivity index (χ2v) is 6.19. The number of carbonyl (C=O) groups is 1. The van der Waals surface area contributed by atoms with E-state index in [-0.39, 0.29) is 18.4 Å². The summed E-state index contributed by atoms with van der Waals surface area (Å²) in [5, 5.41) is 8.64. The van der Waals surface area contributed by atoms with Crippen molar-refractivity contribution in [3.8, 4) is 0 Å². The van der Waals surface area contributed by atoms with Crippen LogP contribution in [0.1, 0.15) is 26.2 Å². The molecule has 0 aromatic rings. The topological polar surface area (TPSA) is 92.7 Å². The van der Waals surface area contributed by atoms with Gasteiger partial charge in [-0.3, -0.25) is 4.79 Å². The zero-order chi connectivity index (χ0) is 12.9. The van der Waals surface area contributed by atoms with Crippen LogP contribution in [0.15, 0.2) is 0 Å². The highest BCUT2D eigenvalue weighted by Gasteiger charge is 2.23. The highest BCUT2D eigenvalue weighted by atomic mass is 32.2. The average molecular weight is 265 g/mol. The molecule has 0 aromatic heterocycles. The van der Waals surface area contributed by atoms with E-state index in [4.69, 9.17) is 9.84 Å². The average Bonchev–Trinajstić information content (AvgIpc) is 2.68. The van der Waals surface area contributed by atoms with Gasteiger partial charge in [0.1, 0.15) is 0 Å². The van der Waals surface area contributed by atoms with E-state index < -0.39 is 21.9 Å². The summed E-state index contributed by atoms with van der Waals surface area (Å²) >= 11 is 0. The Morgan fingerprint density at radius 2 is 2.29 bits per heavy atom. The third-order valence-electron chi connectivity index (χ3n) is 2.75. The Morgan fingerprint density at radius 3 is 2.82 bits per heavy atom. The highest BCUT2D eigenvalue weighted by Crippen LogP contribution is 2.13. The number of aliphatic carboxylic acids is 1. The van der Waals surface area contributed by atoms with E-state index in [1.807, 2.05) is 0 Å². The molecule has 1 heterocycles. The lowest BCUT2D eigenvalue weighted by molar-refractivity contribution is -0.141. The fourth-order valence-electron chi connectivity index (χ4n) is 1.63. The maximum Gasteiger partial charge on any atom is 0.306 e. The molecule has 1 aliphatic heterocycles. The van der Waals surface area contributed by atoms with Crippen LogP contribution in [0.5, 0.6) is 0 Å². The van der Waals surface area contributed by atoms with Crippen molar-refractivity contribution in [2.75, 3.05) is 18.9 Å². The monoisotopic (exact) mass is 265 g/mol. The third-order valence-corrected chi connectivity index (χ3v) is 4.20. The van der Waals surface area contributed by atoms with Crippen molar-refractivity contribution in [3.63, 3.8) is 0 Å². The second kappa shape index (κ2) is 6.32. The summed E-state index contributed by atoms with van der Waals surface area (Å²) in [6.45, 7) is 2.33. The van der Waals surface area contributed by atoms with Crippen molar-refractivity contribution in [2.24, 2.45) is 5.92 Å². The van der Waals surface area contributed by atoms with Gasteiger partial charge in [0.05, 0.1) is 17.8 Å². The van der Waals surface area contributed by atoms with Crippen LogP contribution in [0, 0.1) is 5.92 Å². The van der Waals surface area contributed by atoms with Gasteiger partial charge in [-0.1, -0.05) is 6.92 Å². The Hall–Kier alpha value is -0.660. The first-order valence-corrected chi connectivity index (χ1v) is 7.37. The quantitative estimate of drug-likeness (QED) is 0.685. The molecule has 100 valence electrons. The standard InChI is InChI=1S/C10H19NO5S/c1-8(10(12)13)4-5-11-17(14,15)7-9-3-2-6-16-9/h8-9,11H,2-7H2,1H3,(H,12,13). The van der Waals surface area contributed by atoms with Crippen molar-refractivity contribution < 1.29 is 23.1 Å². The first-order chi connectivity index (χ1) is 7.91. The van der Waals surface area contributed by atoms with Gasteiger partial charge in [-0.15, -0.1) is 0 Å². The van der Waals surface area contributed by atoms with Crippen molar-refractivity contribution in [2.45, 2.75) is 32.3 Å². The molecule has 0 aromatic carbocycles. The van der Waals surface area contributed by atoms with Gasteiger partial charge in [0.25, 0.3) is 0 Å². The Bertz CT molecular complexity index is 348. The molecule has 2 unspecified atom stereocenters. The van der Waals surface area contributed by atoms with Crippen molar-refractivity contribution in [1.82, 2.24) is 4.72 Å². The molecule has 1 rings (SSSR count). The molecule has 0 saturated carbocycles. The number of rotatable bonds is 7. The lowest BCUT2D eigenvalue weighted by atomic mass is 10.1. The van der Waals surface area contributed by atoms with Gasteiger partial charge in [-0.25, -0.2) is 13.1 Å². The van der Waals surface area contributed by atoms with E-state index in [0.717, 1.165) is 12.8 Å². The molecular formula is C10H19NO5S. The minimum absolute atomic E-state index is 0.0333. The minimum Gasteiger partial charge on any atom is -0.481 e. The fourth-order valence-corrected chi connectivity index (χ4v) is 2.93. The number of nitrogens with one attached hydrogen (secondary N) is 1. The van der Waals surface area contributed by atoms with Crippen molar-refractivity contribution >= 4 is 16.0 Å². The molecule has 7 heteroatoms. The molecule has 1 aliphatic rings. The van der Waals surface area contributed by atoms with E-state index in [9.17, 15) is 13.2 Å². The molecule has 0 amide bonds. The maximum atomic E-state index is 11.6. The molecular weight excluding hydrogens is 246 g/mol. The van der Waals surface area contributed by atoms with Crippen LogP contribution in [0.25, 0.3) is 0 Å². The van der Waals surface area contributed by atoms with Gasteiger partial charge in [-0.2, -0.15) is 0 Å². The van der Waals surface area contributed by atoms with E-state index in [0.29, 0.717) is 13.0 Å². The molecule has 0 radical (unpaired) electrons. The smallest absolute Gasteiger partial charge is 0.306 e. The third kappa shape index (κ3) is 5.47.